The minimum atomic E-state index is -0.578. The third kappa shape index (κ3) is 9.60. The van der Waals surface area contributed by atoms with Crippen LogP contribution in [0.15, 0.2) is 65.4 Å². The van der Waals surface area contributed by atoms with Gasteiger partial charge in [-0.05, 0) is 83.9 Å². The summed E-state index contributed by atoms with van der Waals surface area (Å²) in [6, 6.07) is 7.24. The van der Waals surface area contributed by atoms with Crippen molar-refractivity contribution >= 4 is 29.2 Å². The molecule has 0 fully saturated rings. The minimum absolute atomic E-state index is 0.292. The molecular weight excluding hydrogens is 420 g/mol. The van der Waals surface area contributed by atoms with E-state index >= 15 is 0 Å². The van der Waals surface area contributed by atoms with Gasteiger partial charge in [0, 0.05) is 22.5 Å². The highest BCUT2D eigenvalue weighted by Crippen LogP contribution is 2.21. The Bertz CT molecular complexity index is 991. The van der Waals surface area contributed by atoms with E-state index in [9.17, 15) is 14.4 Å². The molecule has 0 atom stereocenters. The normalized spacial score (nSPS) is 13.3. The number of hydrogen-bond donors (Lipinski definition) is 2. The Labute approximate surface area is 196 Å². The van der Waals surface area contributed by atoms with Crippen molar-refractivity contribution in [3.63, 3.8) is 0 Å². The van der Waals surface area contributed by atoms with Crippen LogP contribution < -0.4 is 10.6 Å². The zero-order valence-corrected chi connectivity index (χ0v) is 20.7. The molecule has 7 heteroatoms. The average Bonchev–Trinajstić information content (AvgIpc) is 2.75. The summed E-state index contributed by atoms with van der Waals surface area (Å²) in [5.74, 6) is -0.753. The number of amides is 2. The van der Waals surface area contributed by atoms with Crippen molar-refractivity contribution in [1.29, 1.82) is 0 Å². The molecule has 0 spiro atoms. The maximum absolute atomic E-state index is 12.7. The number of methoxy groups -OCH3 is 1. The molecule has 7 nitrogen and oxygen atoms in total. The molecule has 0 aliphatic rings. The summed E-state index contributed by atoms with van der Waals surface area (Å²) >= 11 is 0. The van der Waals surface area contributed by atoms with E-state index in [0.717, 1.165) is 11.1 Å². The Balaban J connectivity index is 2.93. The van der Waals surface area contributed by atoms with Crippen LogP contribution in [0.3, 0.4) is 0 Å². The molecule has 2 N–H and O–H groups in total. The first kappa shape index (κ1) is 27.4. The smallest absolute Gasteiger partial charge is 0.412 e. The first-order valence-electron chi connectivity index (χ1n) is 10.6. The van der Waals surface area contributed by atoms with E-state index in [1.807, 2.05) is 25.1 Å². The fourth-order valence-corrected chi connectivity index (χ4v) is 2.67. The topological polar surface area (TPSA) is 93.7 Å². The SMILES string of the molecule is C/C=C(\C=C(/C)C(=O)OC)NC(=O)/C(C)=C/C(=C\C)c1ccc(NC(=O)OC(C)(C)C)cc1. The van der Waals surface area contributed by atoms with Gasteiger partial charge in [0.15, 0.2) is 0 Å². The largest absolute Gasteiger partial charge is 0.466 e. The number of carbonyl (C=O) groups excluding carboxylic acids is 3. The van der Waals surface area contributed by atoms with Crippen LogP contribution in [0.1, 0.15) is 54.0 Å². The fraction of sp³-hybridized carbons (Fsp3) is 0.346. The molecule has 178 valence electrons. The quantitative estimate of drug-likeness (QED) is 0.321. The van der Waals surface area contributed by atoms with Gasteiger partial charge in [0.2, 0.25) is 0 Å². The number of allylic oxidation sites excluding steroid dienone is 5. The van der Waals surface area contributed by atoms with E-state index in [0.29, 0.717) is 22.5 Å². The fourth-order valence-electron chi connectivity index (χ4n) is 2.67. The second-order valence-electron chi connectivity index (χ2n) is 8.29. The first-order valence-corrected chi connectivity index (χ1v) is 10.6. The van der Waals surface area contributed by atoms with Crippen LogP contribution in [0.2, 0.25) is 0 Å². The molecule has 0 aromatic heterocycles. The Morgan fingerprint density at radius 3 is 2.00 bits per heavy atom. The molecule has 1 aromatic rings. The van der Waals surface area contributed by atoms with Crippen LogP contribution in [0, 0.1) is 0 Å². The Kier molecular flexibility index (Phi) is 10.3. The highest BCUT2D eigenvalue weighted by molar-refractivity contribution is 5.97. The summed E-state index contributed by atoms with van der Waals surface area (Å²) in [7, 11) is 1.30. The van der Waals surface area contributed by atoms with Gasteiger partial charge in [-0.2, -0.15) is 0 Å². The minimum Gasteiger partial charge on any atom is -0.466 e. The average molecular weight is 455 g/mol. The molecule has 0 aliphatic carbocycles. The van der Waals surface area contributed by atoms with Crippen molar-refractivity contribution in [2.24, 2.45) is 0 Å². The van der Waals surface area contributed by atoms with Crippen molar-refractivity contribution in [3.05, 3.63) is 71.0 Å². The van der Waals surface area contributed by atoms with Gasteiger partial charge in [0.25, 0.3) is 5.91 Å². The Hall–Kier alpha value is -3.61. The lowest BCUT2D eigenvalue weighted by Crippen LogP contribution is -2.27. The lowest BCUT2D eigenvalue weighted by Gasteiger charge is -2.19. The second-order valence-corrected chi connectivity index (χ2v) is 8.29. The Morgan fingerprint density at radius 2 is 1.52 bits per heavy atom. The molecule has 0 bridgehead atoms. The molecule has 0 aliphatic heterocycles. The second kappa shape index (κ2) is 12.4. The Morgan fingerprint density at radius 1 is 0.909 bits per heavy atom. The zero-order valence-electron chi connectivity index (χ0n) is 20.7. The molecule has 1 rings (SSSR count). The molecular formula is C26H34N2O5. The molecule has 2 amide bonds. The summed E-state index contributed by atoms with van der Waals surface area (Å²) in [6.07, 6.45) is 6.40. The van der Waals surface area contributed by atoms with Crippen LogP contribution in [0.5, 0.6) is 0 Å². The molecule has 0 heterocycles. The van der Waals surface area contributed by atoms with E-state index in [1.165, 1.54) is 7.11 Å². The number of anilines is 1. The summed E-state index contributed by atoms with van der Waals surface area (Å²) in [5.41, 5.74) is 3.11. The molecule has 33 heavy (non-hydrogen) atoms. The van der Waals surface area contributed by atoms with Crippen LogP contribution >= 0.6 is 0 Å². The van der Waals surface area contributed by atoms with Gasteiger partial charge < -0.3 is 14.8 Å². The lowest BCUT2D eigenvalue weighted by molar-refractivity contribution is -0.136. The van der Waals surface area contributed by atoms with E-state index in [4.69, 9.17) is 4.74 Å². The summed E-state index contributed by atoms with van der Waals surface area (Å²) in [6.45, 7) is 12.4. The van der Waals surface area contributed by atoms with Crippen molar-refractivity contribution < 1.29 is 23.9 Å². The van der Waals surface area contributed by atoms with E-state index in [-0.39, 0.29) is 5.91 Å². The lowest BCUT2D eigenvalue weighted by atomic mass is 10.0. The maximum atomic E-state index is 12.7. The number of ether oxygens (including phenoxy) is 2. The predicted molar refractivity (Wildman–Crippen MR) is 131 cm³/mol. The van der Waals surface area contributed by atoms with Crippen molar-refractivity contribution in [2.75, 3.05) is 12.4 Å². The highest BCUT2D eigenvalue weighted by atomic mass is 16.6. The van der Waals surface area contributed by atoms with Gasteiger partial charge in [-0.25, -0.2) is 9.59 Å². The van der Waals surface area contributed by atoms with Gasteiger partial charge in [-0.15, -0.1) is 0 Å². The van der Waals surface area contributed by atoms with Gasteiger partial charge in [0.05, 0.1) is 7.11 Å². The summed E-state index contributed by atoms with van der Waals surface area (Å²) < 4.78 is 9.93. The standard InChI is InChI=1S/C26H34N2O5/c1-9-19(20-11-13-22(14-12-20)28-25(31)33-26(5,6)7)15-17(3)23(29)27-21(10-2)16-18(4)24(30)32-8/h9-16H,1-8H3,(H,27,29)(H,28,31)/b17-15+,18-16+,19-9+,21-10+. The number of rotatable bonds is 7. The first-order chi connectivity index (χ1) is 15.4. The molecule has 0 saturated heterocycles. The van der Waals surface area contributed by atoms with Gasteiger partial charge >= 0.3 is 12.1 Å². The van der Waals surface area contributed by atoms with Gasteiger partial charge in [-0.1, -0.05) is 24.3 Å². The van der Waals surface area contributed by atoms with Crippen molar-refractivity contribution in [2.45, 2.75) is 54.1 Å². The molecule has 1 aromatic carbocycles. The number of carbonyl (C=O) groups is 3. The highest BCUT2D eigenvalue weighted by Gasteiger charge is 2.16. The predicted octanol–water partition coefficient (Wildman–Crippen LogP) is 5.52. The monoisotopic (exact) mass is 454 g/mol. The van der Waals surface area contributed by atoms with Crippen LogP contribution in [-0.4, -0.2) is 30.7 Å². The van der Waals surface area contributed by atoms with E-state index < -0.39 is 17.7 Å². The maximum Gasteiger partial charge on any atom is 0.412 e. The van der Waals surface area contributed by atoms with Crippen LogP contribution in [0.25, 0.3) is 5.57 Å². The van der Waals surface area contributed by atoms with Crippen LogP contribution in [-0.2, 0) is 19.1 Å². The third-order valence-corrected chi connectivity index (χ3v) is 4.35. The van der Waals surface area contributed by atoms with E-state index in [1.54, 1.807) is 71.9 Å². The molecule has 0 unspecified atom stereocenters. The third-order valence-electron chi connectivity index (χ3n) is 4.35. The molecule has 0 saturated carbocycles. The number of nitrogens with one attached hydrogen (secondary N) is 2. The zero-order chi connectivity index (χ0) is 25.2. The van der Waals surface area contributed by atoms with Crippen LogP contribution in [0.4, 0.5) is 10.5 Å². The van der Waals surface area contributed by atoms with E-state index in [2.05, 4.69) is 15.4 Å². The van der Waals surface area contributed by atoms with Gasteiger partial charge in [-0.3, -0.25) is 10.1 Å². The number of hydrogen-bond acceptors (Lipinski definition) is 5. The molecule has 0 radical (unpaired) electrons. The summed E-state index contributed by atoms with van der Waals surface area (Å²) in [4.78, 5) is 36.2. The summed E-state index contributed by atoms with van der Waals surface area (Å²) in [5, 5.41) is 5.48. The number of esters is 1. The number of benzene rings is 1. The van der Waals surface area contributed by atoms with Crippen molar-refractivity contribution in [1.82, 2.24) is 5.32 Å². The van der Waals surface area contributed by atoms with Crippen molar-refractivity contribution in [3.8, 4) is 0 Å². The van der Waals surface area contributed by atoms with Gasteiger partial charge in [0.1, 0.15) is 5.60 Å².